The molecule has 0 spiro atoms. The predicted octanol–water partition coefficient (Wildman–Crippen LogP) is 2.15. The lowest BCUT2D eigenvalue weighted by atomic mass is 10.1. The smallest absolute Gasteiger partial charge is 0.324 e. The summed E-state index contributed by atoms with van der Waals surface area (Å²) in [5.41, 5.74) is 0. The number of nitrogens with two attached hydrogens (primary N) is 1. The van der Waals surface area contributed by atoms with Crippen LogP contribution >= 0.6 is 0 Å². The van der Waals surface area contributed by atoms with E-state index in [0.717, 1.165) is 12.8 Å². The summed E-state index contributed by atoms with van der Waals surface area (Å²) in [6.07, 6.45) is 7.50. The van der Waals surface area contributed by atoms with Crippen molar-refractivity contribution >= 4 is 5.97 Å². The van der Waals surface area contributed by atoms with Crippen LogP contribution in [0.5, 0.6) is 0 Å². The van der Waals surface area contributed by atoms with Crippen molar-refractivity contribution in [1.82, 2.24) is 0 Å². The number of unbranched alkanes of at least 4 members (excludes halogenated alkanes) is 5. The lowest BCUT2D eigenvalue weighted by molar-refractivity contribution is -0.144. The van der Waals surface area contributed by atoms with Gasteiger partial charge in [0.25, 0.3) is 0 Å². The fourth-order valence-corrected chi connectivity index (χ4v) is 1.11. The Morgan fingerprint density at radius 2 is 1.75 bits per heavy atom. The van der Waals surface area contributed by atoms with Gasteiger partial charge in [-0.05, 0) is 6.42 Å². The molecule has 2 N–H and O–H groups in total. The quantitative estimate of drug-likeness (QED) is 0.474. The van der Waals surface area contributed by atoms with Crippen molar-refractivity contribution in [1.29, 1.82) is 0 Å². The summed E-state index contributed by atoms with van der Waals surface area (Å²) in [5.74, 6) is 4.38. The lowest BCUT2D eigenvalue weighted by Gasteiger charge is -1.98. The summed E-state index contributed by atoms with van der Waals surface area (Å²) in [6.45, 7) is 2.19. The van der Waals surface area contributed by atoms with Crippen LogP contribution in [0.25, 0.3) is 0 Å². The maximum atomic E-state index is 10.6. The van der Waals surface area contributed by atoms with Crippen LogP contribution in [0.4, 0.5) is 0 Å². The van der Waals surface area contributed by atoms with Gasteiger partial charge in [0.05, 0.1) is 0 Å². The first-order valence-electron chi connectivity index (χ1n) is 4.70. The van der Waals surface area contributed by atoms with Gasteiger partial charge in [0, 0.05) is 6.42 Å². The van der Waals surface area contributed by atoms with Gasteiger partial charge in [-0.3, -0.25) is 4.79 Å². The van der Waals surface area contributed by atoms with Crippen LogP contribution in [0.3, 0.4) is 0 Å². The molecule has 0 aliphatic carbocycles. The molecule has 72 valence electrons. The minimum absolute atomic E-state index is 0.300. The third kappa shape index (κ3) is 7.54. The van der Waals surface area contributed by atoms with E-state index < -0.39 is 0 Å². The molecular formula is C9H19NO2. The molecule has 0 unspecified atom stereocenters. The van der Waals surface area contributed by atoms with E-state index in [1.165, 1.54) is 25.7 Å². The minimum atomic E-state index is -0.300. The number of rotatable bonds is 7. The Morgan fingerprint density at radius 3 is 2.33 bits per heavy atom. The van der Waals surface area contributed by atoms with E-state index in [1.54, 1.807) is 0 Å². The molecule has 0 aliphatic heterocycles. The van der Waals surface area contributed by atoms with Gasteiger partial charge >= 0.3 is 5.97 Å². The summed E-state index contributed by atoms with van der Waals surface area (Å²) in [5, 5.41) is 0. The molecule has 0 aromatic heterocycles. The van der Waals surface area contributed by atoms with E-state index in [0.29, 0.717) is 6.42 Å². The molecular weight excluding hydrogens is 154 g/mol. The standard InChI is InChI=1S/C9H19NO2/c1-2-3-4-5-6-7-8-9(11)12-10/h2-8,10H2,1H3. The molecule has 0 amide bonds. The molecule has 0 saturated carbocycles. The van der Waals surface area contributed by atoms with Gasteiger partial charge in [0.2, 0.25) is 0 Å². The molecule has 0 aromatic carbocycles. The molecule has 0 rings (SSSR count). The van der Waals surface area contributed by atoms with Gasteiger partial charge in [-0.15, -0.1) is 0 Å². The molecule has 0 saturated heterocycles. The Labute approximate surface area is 74.2 Å². The van der Waals surface area contributed by atoms with Crippen molar-refractivity contribution < 1.29 is 9.63 Å². The Balaban J connectivity index is 2.95. The Hall–Kier alpha value is -0.570. The normalized spacial score (nSPS) is 9.83. The molecule has 0 bridgehead atoms. The van der Waals surface area contributed by atoms with E-state index in [1.807, 2.05) is 0 Å². The van der Waals surface area contributed by atoms with Crippen molar-refractivity contribution in [3.05, 3.63) is 0 Å². The summed E-state index contributed by atoms with van der Waals surface area (Å²) >= 11 is 0. The van der Waals surface area contributed by atoms with Crippen molar-refractivity contribution in [3.8, 4) is 0 Å². The Morgan fingerprint density at radius 1 is 1.17 bits per heavy atom. The van der Waals surface area contributed by atoms with E-state index in [2.05, 4.69) is 17.7 Å². The van der Waals surface area contributed by atoms with Crippen molar-refractivity contribution in [2.24, 2.45) is 5.90 Å². The van der Waals surface area contributed by atoms with Crippen LogP contribution in [0.15, 0.2) is 0 Å². The van der Waals surface area contributed by atoms with E-state index in [4.69, 9.17) is 0 Å². The van der Waals surface area contributed by atoms with Crippen LogP contribution in [0.2, 0.25) is 0 Å². The van der Waals surface area contributed by atoms with Crippen molar-refractivity contribution in [3.63, 3.8) is 0 Å². The first-order chi connectivity index (χ1) is 5.81. The molecule has 0 atom stereocenters. The zero-order valence-electron chi connectivity index (χ0n) is 7.84. The number of hydrogen-bond donors (Lipinski definition) is 1. The number of hydrogen-bond acceptors (Lipinski definition) is 3. The van der Waals surface area contributed by atoms with Gasteiger partial charge in [-0.2, -0.15) is 5.90 Å². The second-order valence-corrected chi connectivity index (χ2v) is 3.01. The molecule has 0 aromatic rings. The second kappa shape index (κ2) is 8.53. The highest BCUT2D eigenvalue weighted by Gasteiger charge is 1.98. The first kappa shape index (κ1) is 11.4. The van der Waals surface area contributed by atoms with Gasteiger partial charge in [-0.1, -0.05) is 39.0 Å². The molecule has 0 heterocycles. The zero-order valence-corrected chi connectivity index (χ0v) is 7.84. The van der Waals surface area contributed by atoms with Crippen LogP contribution in [0, 0.1) is 0 Å². The second-order valence-electron chi connectivity index (χ2n) is 3.01. The van der Waals surface area contributed by atoms with Gasteiger partial charge < -0.3 is 4.84 Å². The highest BCUT2D eigenvalue weighted by atomic mass is 16.7. The fraction of sp³-hybridized carbons (Fsp3) is 0.889. The Kier molecular flexibility index (Phi) is 8.12. The molecule has 12 heavy (non-hydrogen) atoms. The summed E-state index contributed by atoms with van der Waals surface area (Å²) < 4.78 is 0. The third-order valence-corrected chi connectivity index (χ3v) is 1.87. The highest BCUT2D eigenvalue weighted by molar-refractivity contribution is 5.68. The molecule has 3 nitrogen and oxygen atoms in total. The van der Waals surface area contributed by atoms with Crippen molar-refractivity contribution in [2.45, 2.75) is 51.9 Å². The largest absolute Gasteiger partial charge is 0.373 e. The monoisotopic (exact) mass is 173 g/mol. The van der Waals surface area contributed by atoms with Crippen LogP contribution < -0.4 is 5.90 Å². The van der Waals surface area contributed by atoms with Gasteiger partial charge in [0.15, 0.2) is 0 Å². The summed E-state index contributed by atoms with van der Waals surface area (Å²) in [4.78, 5) is 14.6. The zero-order chi connectivity index (χ0) is 9.23. The van der Waals surface area contributed by atoms with E-state index in [9.17, 15) is 4.79 Å². The van der Waals surface area contributed by atoms with E-state index in [-0.39, 0.29) is 5.97 Å². The number of carbonyl (C=O) groups excluding carboxylic acids is 1. The van der Waals surface area contributed by atoms with Gasteiger partial charge in [0.1, 0.15) is 0 Å². The highest BCUT2D eigenvalue weighted by Crippen LogP contribution is 2.06. The van der Waals surface area contributed by atoms with Gasteiger partial charge in [-0.25, -0.2) is 0 Å². The van der Waals surface area contributed by atoms with Crippen LogP contribution in [-0.2, 0) is 9.63 Å². The SMILES string of the molecule is CCCCCCCCC(=O)ON. The maximum Gasteiger partial charge on any atom is 0.324 e. The predicted molar refractivity (Wildman–Crippen MR) is 48.3 cm³/mol. The Bertz CT molecular complexity index is 115. The molecule has 3 heteroatoms. The minimum Gasteiger partial charge on any atom is -0.373 e. The third-order valence-electron chi connectivity index (χ3n) is 1.87. The lowest BCUT2D eigenvalue weighted by Crippen LogP contribution is -2.08. The molecule has 0 aliphatic rings. The fourth-order valence-electron chi connectivity index (χ4n) is 1.11. The summed E-state index contributed by atoms with van der Waals surface area (Å²) in [7, 11) is 0. The topological polar surface area (TPSA) is 52.3 Å². The van der Waals surface area contributed by atoms with Crippen molar-refractivity contribution in [2.75, 3.05) is 0 Å². The molecule has 0 fully saturated rings. The van der Waals surface area contributed by atoms with Crippen LogP contribution in [0.1, 0.15) is 51.9 Å². The average Bonchev–Trinajstić information content (AvgIpc) is 2.10. The van der Waals surface area contributed by atoms with Crippen LogP contribution in [-0.4, -0.2) is 5.97 Å². The number of carbonyl (C=O) groups is 1. The van der Waals surface area contributed by atoms with E-state index >= 15 is 0 Å². The summed E-state index contributed by atoms with van der Waals surface area (Å²) in [6, 6.07) is 0. The maximum absolute atomic E-state index is 10.6. The first-order valence-corrected chi connectivity index (χ1v) is 4.70. The average molecular weight is 173 g/mol. The molecule has 0 radical (unpaired) electrons.